The van der Waals surface area contributed by atoms with Crippen LogP contribution in [-0.2, 0) is 4.79 Å². The SMILES string of the molecule is Cc1cccc(C(C)C)c1NC(=O)N1CC(CC(=O)O)C1. The van der Waals surface area contributed by atoms with Gasteiger partial charge in [0.25, 0.3) is 0 Å². The number of benzene rings is 1. The predicted octanol–water partition coefficient (Wildman–Crippen LogP) is 3.06. The zero-order chi connectivity index (χ0) is 15.6. The smallest absolute Gasteiger partial charge is 0.321 e. The summed E-state index contributed by atoms with van der Waals surface area (Å²) in [4.78, 5) is 24.5. The summed E-state index contributed by atoms with van der Waals surface area (Å²) >= 11 is 0. The first-order valence-corrected chi connectivity index (χ1v) is 7.25. The second kappa shape index (κ2) is 6.16. The average molecular weight is 290 g/mol. The van der Waals surface area contributed by atoms with Crippen LogP contribution in [0.1, 0.15) is 37.3 Å². The van der Waals surface area contributed by atoms with Crippen molar-refractivity contribution in [2.45, 2.75) is 33.1 Å². The number of rotatable bonds is 4. The molecule has 0 radical (unpaired) electrons. The first-order valence-electron chi connectivity index (χ1n) is 7.25. The highest BCUT2D eigenvalue weighted by Gasteiger charge is 2.32. The Kier molecular flexibility index (Phi) is 4.50. The Morgan fingerprint density at radius 2 is 2.05 bits per heavy atom. The van der Waals surface area contributed by atoms with E-state index in [4.69, 9.17) is 5.11 Å². The van der Waals surface area contributed by atoms with Crippen LogP contribution in [0.4, 0.5) is 10.5 Å². The van der Waals surface area contributed by atoms with Gasteiger partial charge in [-0.05, 0) is 24.0 Å². The third-order valence-electron chi connectivity index (χ3n) is 3.87. The Morgan fingerprint density at radius 1 is 1.38 bits per heavy atom. The zero-order valence-electron chi connectivity index (χ0n) is 12.7. The van der Waals surface area contributed by atoms with E-state index < -0.39 is 5.97 Å². The molecule has 5 heteroatoms. The summed E-state index contributed by atoms with van der Waals surface area (Å²) in [5, 5.41) is 11.7. The first kappa shape index (κ1) is 15.4. The van der Waals surface area contributed by atoms with Gasteiger partial charge in [0.05, 0.1) is 6.42 Å². The number of carboxylic acid groups (broad SMARTS) is 1. The number of aryl methyl sites for hydroxylation is 1. The third-order valence-corrected chi connectivity index (χ3v) is 3.87. The van der Waals surface area contributed by atoms with E-state index in [-0.39, 0.29) is 18.4 Å². The summed E-state index contributed by atoms with van der Waals surface area (Å²) in [6.07, 6.45) is 0.130. The van der Waals surface area contributed by atoms with Gasteiger partial charge in [-0.2, -0.15) is 0 Å². The van der Waals surface area contributed by atoms with E-state index in [9.17, 15) is 9.59 Å². The van der Waals surface area contributed by atoms with Crippen LogP contribution >= 0.6 is 0 Å². The Morgan fingerprint density at radius 3 is 2.62 bits per heavy atom. The number of urea groups is 1. The Bertz CT molecular complexity index is 548. The molecule has 0 saturated carbocycles. The molecule has 21 heavy (non-hydrogen) atoms. The minimum Gasteiger partial charge on any atom is -0.481 e. The van der Waals surface area contributed by atoms with Gasteiger partial charge in [0.15, 0.2) is 0 Å². The van der Waals surface area contributed by atoms with Gasteiger partial charge in [0.2, 0.25) is 0 Å². The van der Waals surface area contributed by atoms with Crippen molar-refractivity contribution in [2.24, 2.45) is 5.92 Å². The molecule has 0 aliphatic carbocycles. The molecule has 114 valence electrons. The van der Waals surface area contributed by atoms with Crippen molar-refractivity contribution in [2.75, 3.05) is 18.4 Å². The lowest BCUT2D eigenvalue weighted by atomic mass is 9.96. The number of para-hydroxylation sites is 1. The molecule has 0 unspecified atom stereocenters. The predicted molar refractivity (Wildman–Crippen MR) is 81.6 cm³/mol. The number of nitrogens with one attached hydrogen (secondary N) is 1. The minimum absolute atomic E-state index is 0.0784. The van der Waals surface area contributed by atoms with Gasteiger partial charge >= 0.3 is 12.0 Å². The molecule has 1 aromatic carbocycles. The van der Waals surface area contributed by atoms with E-state index >= 15 is 0 Å². The fraction of sp³-hybridized carbons (Fsp3) is 0.500. The number of carboxylic acids is 1. The van der Waals surface area contributed by atoms with E-state index in [1.807, 2.05) is 25.1 Å². The number of nitrogens with zero attached hydrogens (tertiary/aromatic N) is 1. The fourth-order valence-corrected chi connectivity index (χ4v) is 2.64. The topological polar surface area (TPSA) is 69.6 Å². The number of likely N-dealkylation sites (tertiary alicyclic amines) is 1. The lowest BCUT2D eigenvalue weighted by molar-refractivity contribution is -0.139. The van der Waals surface area contributed by atoms with Gasteiger partial charge in [0.1, 0.15) is 0 Å². The normalized spacial score (nSPS) is 15.0. The molecule has 1 aliphatic heterocycles. The minimum atomic E-state index is -0.805. The molecule has 0 spiro atoms. The Labute approximate surface area is 125 Å². The van der Waals surface area contributed by atoms with Gasteiger partial charge in [-0.1, -0.05) is 32.0 Å². The van der Waals surface area contributed by atoms with Crippen molar-refractivity contribution >= 4 is 17.7 Å². The molecule has 1 saturated heterocycles. The third kappa shape index (κ3) is 3.54. The van der Waals surface area contributed by atoms with Crippen LogP contribution in [0.3, 0.4) is 0 Å². The number of amides is 2. The second-order valence-electron chi connectivity index (χ2n) is 5.99. The van der Waals surface area contributed by atoms with E-state index in [1.54, 1.807) is 4.90 Å². The molecule has 1 fully saturated rings. The lowest BCUT2D eigenvalue weighted by Gasteiger charge is -2.38. The maximum Gasteiger partial charge on any atom is 0.321 e. The van der Waals surface area contributed by atoms with Crippen LogP contribution in [0, 0.1) is 12.8 Å². The van der Waals surface area contributed by atoms with E-state index in [1.165, 1.54) is 0 Å². The summed E-state index contributed by atoms with van der Waals surface area (Å²) < 4.78 is 0. The van der Waals surface area contributed by atoms with Crippen LogP contribution in [-0.4, -0.2) is 35.1 Å². The number of aliphatic carboxylic acids is 1. The molecular weight excluding hydrogens is 268 g/mol. The Hall–Kier alpha value is -2.04. The molecule has 0 atom stereocenters. The molecule has 1 aromatic rings. The molecule has 0 bridgehead atoms. The van der Waals surface area contributed by atoms with Crippen molar-refractivity contribution in [1.29, 1.82) is 0 Å². The van der Waals surface area contributed by atoms with Crippen LogP contribution in [0.5, 0.6) is 0 Å². The largest absolute Gasteiger partial charge is 0.481 e. The fourth-order valence-electron chi connectivity index (χ4n) is 2.64. The van der Waals surface area contributed by atoms with Crippen LogP contribution in [0.25, 0.3) is 0 Å². The number of hydrogen-bond donors (Lipinski definition) is 2. The van der Waals surface area contributed by atoms with Crippen LogP contribution in [0.2, 0.25) is 0 Å². The zero-order valence-corrected chi connectivity index (χ0v) is 12.7. The van der Waals surface area contributed by atoms with Gasteiger partial charge in [0, 0.05) is 24.7 Å². The maximum atomic E-state index is 12.2. The number of anilines is 1. The molecule has 1 heterocycles. The van der Waals surface area contributed by atoms with Gasteiger partial charge in [-0.3, -0.25) is 4.79 Å². The molecule has 0 aromatic heterocycles. The molecule has 2 rings (SSSR count). The van der Waals surface area contributed by atoms with E-state index in [2.05, 4.69) is 19.2 Å². The molecule has 5 nitrogen and oxygen atoms in total. The van der Waals surface area contributed by atoms with E-state index in [0.717, 1.165) is 16.8 Å². The first-order chi connectivity index (χ1) is 9.88. The summed E-state index contributed by atoms with van der Waals surface area (Å²) in [5.74, 6) is -0.396. The van der Waals surface area contributed by atoms with Gasteiger partial charge in [-0.25, -0.2) is 4.79 Å². The molecule has 2 amide bonds. The standard InChI is InChI=1S/C16H22N2O3/c1-10(2)13-6-4-5-11(3)15(13)17-16(21)18-8-12(9-18)7-14(19)20/h4-6,10,12H,7-9H2,1-3H3,(H,17,21)(H,19,20). The Balaban J connectivity index is 2.00. The van der Waals surface area contributed by atoms with Crippen molar-refractivity contribution < 1.29 is 14.7 Å². The highest BCUT2D eigenvalue weighted by molar-refractivity contribution is 5.91. The molecule has 1 aliphatic rings. The maximum absolute atomic E-state index is 12.2. The summed E-state index contributed by atoms with van der Waals surface area (Å²) in [6, 6.07) is 5.85. The van der Waals surface area contributed by atoms with Crippen LogP contribution < -0.4 is 5.32 Å². The quantitative estimate of drug-likeness (QED) is 0.895. The van der Waals surface area contributed by atoms with Crippen LogP contribution in [0.15, 0.2) is 18.2 Å². The van der Waals surface area contributed by atoms with Crippen molar-refractivity contribution in [3.63, 3.8) is 0 Å². The summed E-state index contributed by atoms with van der Waals surface area (Å²) in [7, 11) is 0. The van der Waals surface area contributed by atoms with Crippen molar-refractivity contribution in [3.8, 4) is 0 Å². The van der Waals surface area contributed by atoms with Gasteiger partial charge in [-0.15, -0.1) is 0 Å². The van der Waals surface area contributed by atoms with Crippen molar-refractivity contribution in [3.05, 3.63) is 29.3 Å². The molecular formula is C16H22N2O3. The number of carbonyl (C=O) groups is 2. The van der Waals surface area contributed by atoms with Gasteiger partial charge < -0.3 is 15.3 Å². The number of carbonyl (C=O) groups excluding carboxylic acids is 1. The van der Waals surface area contributed by atoms with Crippen molar-refractivity contribution in [1.82, 2.24) is 4.90 Å². The summed E-state index contributed by atoms with van der Waals surface area (Å²) in [6.45, 7) is 7.20. The monoisotopic (exact) mass is 290 g/mol. The second-order valence-corrected chi connectivity index (χ2v) is 5.99. The summed E-state index contributed by atoms with van der Waals surface area (Å²) in [5.41, 5.74) is 3.03. The highest BCUT2D eigenvalue weighted by atomic mass is 16.4. The highest BCUT2D eigenvalue weighted by Crippen LogP contribution is 2.28. The van der Waals surface area contributed by atoms with E-state index in [0.29, 0.717) is 19.0 Å². The average Bonchev–Trinajstić information content (AvgIpc) is 2.34. The molecule has 2 N–H and O–H groups in total. The number of hydrogen-bond acceptors (Lipinski definition) is 2. The lowest BCUT2D eigenvalue weighted by Crippen LogP contribution is -2.52.